The fraction of sp³-hybridized carbons (Fsp3) is 0.409. The van der Waals surface area contributed by atoms with Crippen LogP contribution in [-0.4, -0.2) is 27.0 Å². The number of hydrogen-bond donors (Lipinski definition) is 1. The Morgan fingerprint density at radius 2 is 2.00 bits per heavy atom. The molecule has 0 saturated heterocycles. The number of fused-ring (bicyclic) bond motifs is 3. The highest BCUT2D eigenvalue weighted by Gasteiger charge is 2.20. The number of hydrogen-bond acceptors (Lipinski definition) is 3. The van der Waals surface area contributed by atoms with Gasteiger partial charge >= 0.3 is 0 Å². The van der Waals surface area contributed by atoms with Crippen molar-refractivity contribution in [1.29, 1.82) is 0 Å². The summed E-state index contributed by atoms with van der Waals surface area (Å²) >= 11 is 0. The minimum absolute atomic E-state index is 0.0626. The minimum Gasteiger partial charge on any atom is -0.352 e. The zero-order chi connectivity index (χ0) is 18.8. The van der Waals surface area contributed by atoms with Crippen LogP contribution in [0.3, 0.4) is 0 Å². The van der Waals surface area contributed by atoms with Gasteiger partial charge in [-0.2, -0.15) is 0 Å². The molecule has 27 heavy (non-hydrogen) atoms. The molecule has 1 aromatic carbocycles. The maximum atomic E-state index is 12.9. The third kappa shape index (κ3) is 3.59. The summed E-state index contributed by atoms with van der Waals surface area (Å²) in [5.74, 6) is 1.00. The molecule has 140 valence electrons. The summed E-state index contributed by atoms with van der Waals surface area (Å²) in [6.07, 6.45) is 5.31. The van der Waals surface area contributed by atoms with E-state index in [4.69, 9.17) is 9.97 Å². The lowest BCUT2D eigenvalue weighted by molar-refractivity contribution is 0.0955. The van der Waals surface area contributed by atoms with Gasteiger partial charge in [-0.05, 0) is 50.3 Å². The second kappa shape index (κ2) is 7.51. The molecule has 0 atom stereocenters. The largest absolute Gasteiger partial charge is 0.352 e. The van der Waals surface area contributed by atoms with Gasteiger partial charge in [0.2, 0.25) is 0 Å². The highest BCUT2D eigenvalue weighted by atomic mass is 16.1. The van der Waals surface area contributed by atoms with Gasteiger partial charge < -0.3 is 9.88 Å². The molecule has 1 amide bonds. The van der Waals surface area contributed by atoms with E-state index in [1.54, 1.807) is 0 Å². The van der Waals surface area contributed by atoms with E-state index in [1.807, 2.05) is 25.1 Å². The van der Waals surface area contributed by atoms with E-state index in [1.165, 1.54) is 17.5 Å². The van der Waals surface area contributed by atoms with Crippen molar-refractivity contribution >= 4 is 17.1 Å². The van der Waals surface area contributed by atoms with Crippen molar-refractivity contribution in [3.63, 3.8) is 0 Å². The van der Waals surface area contributed by atoms with Crippen molar-refractivity contribution in [2.75, 3.05) is 6.54 Å². The monoisotopic (exact) mass is 362 g/mol. The summed E-state index contributed by atoms with van der Waals surface area (Å²) in [5.41, 5.74) is 5.62. The van der Waals surface area contributed by atoms with E-state index in [9.17, 15) is 4.79 Å². The Morgan fingerprint density at radius 3 is 2.85 bits per heavy atom. The molecule has 0 radical (unpaired) electrons. The first-order chi connectivity index (χ1) is 13.1. The van der Waals surface area contributed by atoms with Crippen LogP contribution in [0.5, 0.6) is 0 Å². The van der Waals surface area contributed by atoms with Gasteiger partial charge in [-0.1, -0.05) is 30.7 Å². The number of pyridine rings is 1. The van der Waals surface area contributed by atoms with Crippen LogP contribution in [0.1, 0.15) is 52.3 Å². The van der Waals surface area contributed by atoms with Gasteiger partial charge in [0.1, 0.15) is 11.3 Å². The highest BCUT2D eigenvalue weighted by molar-refractivity contribution is 6.04. The number of carbonyl (C=O) groups excluding carboxylic acids is 1. The van der Waals surface area contributed by atoms with Crippen LogP contribution in [0.15, 0.2) is 30.3 Å². The third-order valence-electron chi connectivity index (χ3n) is 5.38. The number of imidazole rings is 1. The first kappa shape index (κ1) is 17.7. The molecule has 1 aliphatic rings. The summed E-state index contributed by atoms with van der Waals surface area (Å²) in [6, 6.07) is 10.2. The molecule has 3 heterocycles. The van der Waals surface area contributed by atoms with Crippen molar-refractivity contribution in [3.8, 4) is 0 Å². The van der Waals surface area contributed by atoms with E-state index in [0.29, 0.717) is 12.1 Å². The second-order valence-electron chi connectivity index (χ2n) is 7.41. The second-order valence-corrected chi connectivity index (χ2v) is 7.41. The van der Waals surface area contributed by atoms with Gasteiger partial charge in [0.15, 0.2) is 5.65 Å². The molecule has 2 aromatic heterocycles. The normalized spacial score (nSPS) is 14.0. The fourth-order valence-electron chi connectivity index (χ4n) is 3.89. The lowest BCUT2D eigenvalue weighted by atomic mass is 10.1. The van der Waals surface area contributed by atoms with Gasteiger partial charge in [-0.15, -0.1) is 0 Å². The van der Waals surface area contributed by atoms with Crippen LogP contribution in [-0.2, 0) is 19.4 Å². The summed E-state index contributed by atoms with van der Waals surface area (Å²) in [6.45, 7) is 5.60. The molecule has 3 aromatic rings. The van der Waals surface area contributed by atoms with Crippen LogP contribution < -0.4 is 5.32 Å². The predicted octanol–water partition coefficient (Wildman–Crippen LogP) is 3.75. The van der Waals surface area contributed by atoms with Crippen molar-refractivity contribution in [3.05, 3.63) is 58.5 Å². The van der Waals surface area contributed by atoms with Crippen LogP contribution in [0.2, 0.25) is 0 Å². The maximum absolute atomic E-state index is 12.9. The maximum Gasteiger partial charge on any atom is 0.253 e. The van der Waals surface area contributed by atoms with Gasteiger partial charge in [-0.25, -0.2) is 9.97 Å². The molecule has 5 heteroatoms. The highest BCUT2D eigenvalue weighted by Crippen LogP contribution is 2.24. The quantitative estimate of drug-likeness (QED) is 0.769. The van der Waals surface area contributed by atoms with Gasteiger partial charge in [0, 0.05) is 25.2 Å². The van der Waals surface area contributed by atoms with E-state index in [-0.39, 0.29) is 5.91 Å². The van der Waals surface area contributed by atoms with E-state index in [0.717, 1.165) is 54.9 Å². The summed E-state index contributed by atoms with van der Waals surface area (Å²) in [4.78, 5) is 22.4. The van der Waals surface area contributed by atoms with E-state index >= 15 is 0 Å². The molecular formula is C22H26N4O. The smallest absolute Gasteiger partial charge is 0.253 e. The first-order valence-electron chi connectivity index (χ1n) is 9.83. The molecule has 1 aliphatic heterocycles. The molecule has 4 rings (SSSR count). The van der Waals surface area contributed by atoms with Crippen LogP contribution in [0.25, 0.3) is 11.2 Å². The fourth-order valence-corrected chi connectivity index (χ4v) is 3.89. The van der Waals surface area contributed by atoms with Crippen LogP contribution in [0, 0.1) is 13.8 Å². The number of rotatable bonds is 4. The SMILES string of the molecule is Cc1cc(C(=O)NCCc2ccccc2C)c2nc3n(c2n1)CCCCC3. The van der Waals surface area contributed by atoms with Gasteiger partial charge in [0.05, 0.1) is 5.56 Å². The summed E-state index contributed by atoms with van der Waals surface area (Å²) in [5, 5.41) is 3.07. The number of aromatic nitrogens is 3. The molecule has 1 N–H and O–H groups in total. The van der Waals surface area contributed by atoms with Crippen molar-refractivity contribution < 1.29 is 4.79 Å². The number of carbonyl (C=O) groups is 1. The van der Waals surface area contributed by atoms with Crippen LogP contribution in [0.4, 0.5) is 0 Å². The Kier molecular flexibility index (Phi) is 4.92. The number of nitrogens with zero attached hydrogens (tertiary/aromatic N) is 3. The molecule has 0 aliphatic carbocycles. The Morgan fingerprint density at radius 1 is 1.15 bits per heavy atom. The van der Waals surface area contributed by atoms with Crippen molar-refractivity contribution in [1.82, 2.24) is 19.9 Å². The Hall–Kier alpha value is -2.69. The topological polar surface area (TPSA) is 59.8 Å². The van der Waals surface area contributed by atoms with E-state index in [2.05, 4.69) is 28.9 Å². The molecule has 0 spiro atoms. The molecule has 0 bridgehead atoms. The predicted molar refractivity (Wildman–Crippen MR) is 107 cm³/mol. The van der Waals surface area contributed by atoms with Crippen LogP contribution >= 0.6 is 0 Å². The third-order valence-corrected chi connectivity index (χ3v) is 5.38. The van der Waals surface area contributed by atoms with E-state index < -0.39 is 0 Å². The Balaban J connectivity index is 1.57. The minimum atomic E-state index is -0.0626. The molecular weight excluding hydrogens is 336 g/mol. The zero-order valence-electron chi connectivity index (χ0n) is 16.1. The van der Waals surface area contributed by atoms with Crippen molar-refractivity contribution in [2.45, 2.75) is 52.5 Å². The molecule has 0 unspecified atom stereocenters. The Bertz CT molecular complexity index is 989. The molecule has 5 nitrogen and oxygen atoms in total. The molecule has 0 saturated carbocycles. The Labute approximate surface area is 159 Å². The van der Waals surface area contributed by atoms with Crippen molar-refractivity contribution in [2.24, 2.45) is 0 Å². The number of benzene rings is 1. The summed E-state index contributed by atoms with van der Waals surface area (Å²) in [7, 11) is 0. The standard InChI is InChI=1S/C22H26N4O/c1-15-8-5-6-9-17(15)11-12-23-22(27)18-14-16(2)24-21-20(18)25-19-10-4-3-7-13-26(19)21/h5-6,8-9,14H,3-4,7,10-13H2,1-2H3,(H,23,27). The first-order valence-corrected chi connectivity index (χ1v) is 9.83. The summed E-state index contributed by atoms with van der Waals surface area (Å²) < 4.78 is 2.21. The zero-order valence-corrected chi connectivity index (χ0v) is 16.1. The molecule has 0 fully saturated rings. The number of amides is 1. The number of nitrogens with one attached hydrogen (secondary N) is 1. The van der Waals surface area contributed by atoms with Gasteiger partial charge in [-0.3, -0.25) is 4.79 Å². The number of aryl methyl sites for hydroxylation is 4. The lowest BCUT2D eigenvalue weighted by Crippen LogP contribution is -2.26. The lowest BCUT2D eigenvalue weighted by Gasteiger charge is -2.09. The van der Waals surface area contributed by atoms with Gasteiger partial charge in [0.25, 0.3) is 5.91 Å². The average Bonchev–Trinajstić information content (AvgIpc) is 2.84. The average molecular weight is 362 g/mol.